The highest BCUT2D eigenvalue weighted by Crippen LogP contribution is 2.28. The minimum Gasteiger partial charge on any atom is -0.344 e. The zero-order valence-electron chi connectivity index (χ0n) is 11.9. The van der Waals surface area contributed by atoms with E-state index in [0.717, 1.165) is 0 Å². The molecular formula is C17H21N. The molecule has 2 aromatic rings. The van der Waals surface area contributed by atoms with Gasteiger partial charge < -0.3 is 4.90 Å². The molecule has 0 aliphatic heterocycles. The SMILES string of the molecule is Cc1cc(C)cc(N(C)c2cc(C)ccc2C)c1. The first-order chi connectivity index (χ1) is 8.47. The van der Waals surface area contributed by atoms with Gasteiger partial charge in [0.1, 0.15) is 0 Å². The van der Waals surface area contributed by atoms with Crippen molar-refractivity contribution in [1.29, 1.82) is 0 Å². The summed E-state index contributed by atoms with van der Waals surface area (Å²) >= 11 is 0. The van der Waals surface area contributed by atoms with E-state index in [1.807, 2.05) is 0 Å². The van der Waals surface area contributed by atoms with Gasteiger partial charge in [-0.3, -0.25) is 0 Å². The largest absolute Gasteiger partial charge is 0.344 e. The normalized spacial score (nSPS) is 10.5. The molecule has 2 rings (SSSR count). The Hall–Kier alpha value is -1.76. The van der Waals surface area contributed by atoms with Gasteiger partial charge >= 0.3 is 0 Å². The predicted octanol–water partition coefficient (Wildman–Crippen LogP) is 4.69. The van der Waals surface area contributed by atoms with E-state index in [1.165, 1.54) is 33.6 Å². The second kappa shape index (κ2) is 4.85. The smallest absolute Gasteiger partial charge is 0.0440 e. The Morgan fingerprint density at radius 3 is 1.94 bits per heavy atom. The molecule has 1 nitrogen and oxygen atoms in total. The van der Waals surface area contributed by atoms with Crippen molar-refractivity contribution in [3.63, 3.8) is 0 Å². The summed E-state index contributed by atoms with van der Waals surface area (Å²) in [4.78, 5) is 2.27. The molecule has 0 heterocycles. The summed E-state index contributed by atoms with van der Waals surface area (Å²) in [5, 5.41) is 0. The van der Waals surface area contributed by atoms with Crippen LogP contribution in [0.1, 0.15) is 22.3 Å². The molecule has 0 saturated heterocycles. The van der Waals surface area contributed by atoms with Gasteiger partial charge in [-0.25, -0.2) is 0 Å². The van der Waals surface area contributed by atoms with Crippen LogP contribution < -0.4 is 4.90 Å². The zero-order valence-corrected chi connectivity index (χ0v) is 11.9. The van der Waals surface area contributed by atoms with Crippen LogP contribution in [0.3, 0.4) is 0 Å². The molecule has 0 aliphatic carbocycles. The molecule has 0 saturated carbocycles. The molecule has 0 atom stereocenters. The minimum absolute atomic E-state index is 1.25. The Kier molecular flexibility index (Phi) is 3.42. The summed E-state index contributed by atoms with van der Waals surface area (Å²) in [5.41, 5.74) is 7.75. The summed E-state index contributed by atoms with van der Waals surface area (Å²) in [7, 11) is 2.13. The number of aryl methyl sites for hydroxylation is 4. The average Bonchev–Trinajstić information content (AvgIpc) is 2.30. The van der Waals surface area contributed by atoms with Crippen molar-refractivity contribution in [2.24, 2.45) is 0 Å². The van der Waals surface area contributed by atoms with E-state index >= 15 is 0 Å². The van der Waals surface area contributed by atoms with E-state index in [0.29, 0.717) is 0 Å². The van der Waals surface area contributed by atoms with Crippen molar-refractivity contribution >= 4 is 11.4 Å². The van der Waals surface area contributed by atoms with Crippen molar-refractivity contribution in [1.82, 2.24) is 0 Å². The third kappa shape index (κ3) is 2.56. The van der Waals surface area contributed by atoms with E-state index in [9.17, 15) is 0 Å². The zero-order chi connectivity index (χ0) is 13.3. The van der Waals surface area contributed by atoms with Crippen LogP contribution in [0, 0.1) is 27.7 Å². The van der Waals surface area contributed by atoms with Gasteiger partial charge in [-0.05, 0) is 68.1 Å². The van der Waals surface area contributed by atoms with Gasteiger partial charge in [-0.1, -0.05) is 18.2 Å². The molecule has 0 amide bonds. The van der Waals surface area contributed by atoms with Gasteiger partial charge in [-0.2, -0.15) is 0 Å². The lowest BCUT2D eigenvalue weighted by Gasteiger charge is -2.23. The van der Waals surface area contributed by atoms with Crippen molar-refractivity contribution in [3.05, 3.63) is 58.7 Å². The van der Waals surface area contributed by atoms with E-state index in [-0.39, 0.29) is 0 Å². The summed E-state index contributed by atoms with van der Waals surface area (Å²) in [5.74, 6) is 0. The molecule has 0 fully saturated rings. The molecule has 94 valence electrons. The maximum Gasteiger partial charge on any atom is 0.0440 e. The Labute approximate surface area is 110 Å². The van der Waals surface area contributed by atoms with Gasteiger partial charge in [0.2, 0.25) is 0 Å². The monoisotopic (exact) mass is 239 g/mol. The van der Waals surface area contributed by atoms with Crippen LogP contribution in [0.2, 0.25) is 0 Å². The van der Waals surface area contributed by atoms with Gasteiger partial charge in [-0.15, -0.1) is 0 Å². The second-order valence-electron chi connectivity index (χ2n) is 5.19. The topological polar surface area (TPSA) is 3.24 Å². The summed E-state index contributed by atoms with van der Waals surface area (Å²) in [6.07, 6.45) is 0. The van der Waals surface area contributed by atoms with Crippen molar-refractivity contribution in [2.75, 3.05) is 11.9 Å². The van der Waals surface area contributed by atoms with Crippen molar-refractivity contribution in [3.8, 4) is 0 Å². The second-order valence-corrected chi connectivity index (χ2v) is 5.19. The first-order valence-corrected chi connectivity index (χ1v) is 6.36. The molecule has 1 heteroatoms. The average molecular weight is 239 g/mol. The van der Waals surface area contributed by atoms with Crippen LogP contribution in [0.25, 0.3) is 0 Å². The molecule has 0 aliphatic rings. The highest BCUT2D eigenvalue weighted by Gasteiger charge is 2.08. The number of hydrogen-bond donors (Lipinski definition) is 0. The molecule has 0 unspecified atom stereocenters. The molecule has 0 radical (unpaired) electrons. The lowest BCUT2D eigenvalue weighted by atomic mass is 10.1. The summed E-state index contributed by atoms with van der Waals surface area (Å²) < 4.78 is 0. The Morgan fingerprint density at radius 1 is 0.722 bits per heavy atom. The molecule has 18 heavy (non-hydrogen) atoms. The number of anilines is 2. The number of benzene rings is 2. The maximum absolute atomic E-state index is 2.27. The molecule has 0 aromatic heterocycles. The van der Waals surface area contributed by atoms with Gasteiger partial charge in [0, 0.05) is 18.4 Å². The molecular weight excluding hydrogens is 218 g/mol. The molecule has 0 bridgehead atoms. The fraction of sp³-hybridized carbons (Fsp3) is 0.294. The fourth-order valence-corrected chi connectivity index (χ4v) is 2.36. The van der Waals surface area contributed by atoms with Gasteiger partial charge in [0.25, 0.3) is 0 Å². The first kappa shape index (κ1) is 12.7. The number of hydrogen-bond acceptors (Lipinski definition) is 1. The van der Waals surface area contributed by atoms with E-state index in [4.69, 9.17) is 0 Å². The summed E-state index contributed by atoms with van der Waals surface area (Å²) in [6.45, 7) is 8.59. The van der Waals surface area contributed by atoms with Crippen molar-refractivity contribution in [2.45, 2.75) is 27.7 Å². The minimum atomic E-state index is 1.25. The summed E-state index contributed by atoms with van der Waals surface area (Å²) in [6, 6.07) is 13.3. The third-order valence-corrected chi connectivity index (χ3v) is 3.32. The molecule has 0 spiro atoms. The van der Waals surface area contributed by atoms with Crippen LogP contribution in [-0.4, -0.2) is 7.05 Å². The quantitative estimate of drug-likeness (QED) is 0.735. The molecule has 2 aromatic carbocycles. The van der Waals surface area contributed by atoms with Crippen LogP contribution in [0.15, 0.2) is 36.4 Å². The van der Waals surface area contributed by atoms with Crippen LogP contribution >= 0.6 is 0 Å². The van der Waals surface area contributed by atoms with Gasteiger partial charge in [0.15, 0.2) is 0 Å². The lowest BCUT2D eigenvalue weighted by Crippen LogP contribution is -2.11. The standard InChI is InChI=1S/C17H21N/c1-12-6-7-15(4)17(11-12)18(5)16-9-13(2)8-14(3)10-16/h6-11H,1-5H3. The highest BCUT2D eigenvalue weighted by molar-refractivity contribution is 5.67. The van der Waals surface area contributed by atoms with Crippen LogP contribution in [0.5, 0.6) is 0 Å². The number of nitrogens with zero attached hydrogens (tertiary/aromatic N) is 1. The lowest BCUT2D eigenvalue weighted by molar-refractivity contribution is 1.16. The maximum atomic E-state index is 2.27. The first-order valence-electron chi connectivity index (χ1n) is 6.36. The Morgan fingerprint density at radius 2 is 1.33 bits per heavy atom. The van der Waals surface area contributed by atoms with Crippen LogP contribution in [-0.2, 0) is 0 Å². The highest BCUT2D eigenvalue weighted by atomic mass is 15.1. The molecule has 0 N–H and O–H groups in total. The fourth-order valence-electron chi connectivity index (χ4n) is 2.36. The number of rotatable bonds is 2. The van der Waals surface area contributed by atoms with Crippen LogP contribution in [0.4, 0.5) is 11.4 Å². The van der Waals surface area contributed by atoms with E-state index < -0.39 is 0 Å². The van der Waals surface area contributed by atoms with Crippen molar-refractivity contribution < 1.29 is 0 Å². The van der Waals surface area contributed by atoms with E-state index in [2.05, 4.69) is 76.0 Å². The predicted molar refractivity (Wildman–Crippen MR) is 79.9 cm³/mol. The third-order valence-electron chi connectivity index (χ3n) is 3.32. The van der Waals surface area contributed by atoms with Gasteiger partial charge in [0.05, 0.1) is 0 Å². The Balaban J connectivity index is 2.47. The van der Waals surface area contributed by atoms with E-state index in [1.54, 1.807) is 0 Å². The Bertz CT molecular complexity index is 550.